The Morgan fingerprint density at radius 2 is 1.71 bits per heavy atom. The van der Waals surface area contributed by atoms with Crippen LogP contribution in [0.3, 0.4) is 0 Å². The molecule has 2 aromatic rings. The Bertz CT molecular complexity index is 628. The first-order chi connectivity index (χ1) is 10.1. The van der Waals surface area contributed by atoms with E-state index in [-0.39, 0.29) is 0 Å². The van der Waals surface area contributed by atoms with Crippen molar-refractivity contribution in [1.29, 1.82) is 0 Å². The Hall–Kier alpha value is -1.74. The molecule has 0 radical (unpaired) electrons. The van der Waals surface area contributed by atoms with Crippen LogP contribution >= 0.6 is 11.8 Å². The summed E-state index contributed by atoms with van der Waals surface area (Å²) in [5, 5.41) is 9.64. The van der Waals surface area contributed by atoms with Crippen LogP contribution in [0.4, 0.5) is 0 Å². The molecular formula is C18H18O2S. The predicted octanol–water partition coefficient (Wildman–Crippen LogP) is 4.49. The van der Waals surface area contributed by atoms with Gasteiger partial charge in [0.05, 0.1) is 0 Å². The average Bonchev–Trinajstić information content (AvgIpc) is 2.45. The maximum absolute atomic E-state index is 11.7. The average molecular weight is 298 g/mol. The Morgan fingerprint density at radius 1 is 1.10 bits per heavy atom. The van der Waals surface area contributed by atoms with E-state index in [0.29, 0.717) is 18.8 Å². The van der Waals surface area contributed by atoms with E-state index in [9.17, 15) is 9.90 Å². The zero-order valence-electron chi connectivity index (χ0n) is 12.0. The summed E-state index contributed by atoms with van der Waals surface area (Å²) in [6.45, 7) is 2.04. The van der Waals surface area contributed by atoms with Crippen molar-refractivity contribution in [3.63, 3.8) is 0 Å². The van der Waals surface area contributed by atoms with Gasteiger partial charge in [0, 0.05) is 4.90 Å². The topological polar surface area (TPSA) is 37.3 Å². The van der Waals surface area contributed by atoms with Gasteiger partial charge in [0.25, 0.3) is 0 Å². The standard InChI is InChI=1S/C18H18O2S/c1-13-7-9-16(10-8-13)21-18(17(19)20)11-15(12-18)14-5-3-2-4-6-14/h2-10,15H,11-12H2,1H3,(H,19,20). The van der Waals surface area contributed by atoms with E-state index in [1.807, 2.05) is 49.4 Å². The number of rotatable bonds is 4. The SMILES string of the molecule is Cc1ccc(SC2(C(=O)O)CC(c3ccccc3)C2)cc1. The van der Waals surface area contributed by atoms with Gasteiger partial charge in [-0.3, -0.25) is 4.79 Å². The summed E-state index contributed by atoms with van der Waals surface area (Å²) in [6.07, 6.45) is 1.40. The molecule has 0 saturated heterocycles. The molecule has 1 N–H and O–H groups in total. The summed E-state index contributed by atoms with van der Waals surface area (Å²) in [5.74, 6) is -0.333. The van der Waals surface area contributed by atoms with Gasteiger partial charge in [-0.2, -0.15) is 0 Å². The number of benzene rings is 2. The lowest BCUT2D eigenvalue weighted by Gasteiger charge is -2.44. The minimum atomic E-state index is -0.694. The Labute approximate surface area is 129 Å². The quantitative estimate of drug-likeness (QED) is 0.903. The molecule has 2 aromatic carbocycles. The lowest BCUT2D eigenvalue weighted by molar-refractivity contribution is -0.142. The maximum Gasteiger partial charge on any atom is 0.320 e. The van der Waals surface area contributed by atoms with Crippen molar-refractivity contribution in [2.45, 2.75) is 35.3 Å². The highest BCUT2D eigenvalue weighted by Gasteiger charge is 2.51. The van der Waals surface area contributed by atoms with Crippen molar-refractivity contribution in [2.24, 2.45) is 0 Å². The molecule has 108 valence electrons. The largest absolute Gasteiger partial charge is 0.480 e. The molecule has 0 unspecified atom stereocenters. The van der Waals surface area contributed by atoms with Crippen LogP contribution in [0.25, 0.3) is 0 Å². The molecule has 0 aliphatic heterocycles. The van der Waals surface area contributed by atoms with Gasteiger partial charge in [0.15, 0.2) is 0 Å². The molecule has 21 heavy (non-hydrogen) atoms. The molecule has 0 amide bonds. The maximum atomic E-state index is 11.7. The number of carbonyl (C=O) groups is 1. The summed E-state index contributed by atoms with van der Waals surface area (Å²) >= 11 is 1.49. The van der Waals surface area contributed by atoms with Crippen LogP contribution in [0.1, 0.15) is 29.9 Å². The van der Waals surface area contributed by atoms with Crippen LogP contribution in [0.5, 0.6) is 0 Å². The zero-order valence-corrected chi connectivity index (χ0v) is 12.8. The third kappa shape index (κ3) is 2.84. The molecule has 3 rings (SSSR count). The number of hydrogen-bond acceptors (Lipinski definition) is 2. The van der Waals surface area contributed by atoms with Gasteiger partial charge in [0.1, 0.15) is 4.75 Å². The molecule has 3 heteroatoms. The van der Waals surface area contributed by atoms with Gasteiger partial charge in [-0.05, 0) is 43.4 Å². The van der Waals surface area contributed by atoms with Gasteiger partial charge in [-0.25, -0.2) is 0 Å². The Balaban J connectivity index is 1.75. The van der Waals surface area contributed by atoms with Crippen LogP contribution < -0.4 is 0 Å². The number of thioether (sulfide) groups is 1. The summed E-state index contributed by atoms with van der Waals surface area (Å²) < 4.78 is -0.671. The van der Waals surface area contributed by atoms with Crippen molar-refractivity contribution in [1.82, 2.24) is 0 Å². The molecule has 1 fully saturated rings. The van der Waals surface area contributed by atoms with Crippen molar-refractivity contribution in [3.05, 3.63) is 65.7 Å². The number of aryl methyl sites for hydroxylation is 1. The van der Waals surface area contributed by atoms with Gasteiger partial charge in [0.2, 0.25) is 0 Å². The second kappa shape index (κ2) is 5.57. The molecule has 1 aliphatic rings. The molecule has 2 nitrogen and oxygen atoms in total. The van der Waals surface area contributed by atoms with Crippen LogP contribution in [0, 0.1) is 6.92 Å². The first kappa shape index (κ1) is 14.2. The minimum absolute atomic E-state index is 0.361. The van der Waals surface area contributed by atoms with Crippen LogP contribution in [-0.2, 0) is 4.79 Å². The Kier molecular flexibility index (Phi) is 3.77. The minimum Gasteiger partial charge on any atom is -0.480 e. The van der Waals surface area contributed by atoms with Gasteiger partial charge >= 0.3 is 5.97 Å². The lowest BCUT2D eigenvalue weighted by atomic mass is 9.70. The highest BCUT2D eigenvalue weighted by Crippen LogP contribution is 2.55. The van der Waals surface area contributed by atoms with E-state index in [1.54, 1.807) is 0 Å². The molecule has 0 heterocycles. The number of carboxylic acids is 1. The van der Waals surface area contributed by atoms with E-state index >= 15 is 0 Å². The van der Waals surface area contributed by atoms with E-state index in [4.69, 9.17) is 0 Å². The summed E-state index contributed by atoms with van der Waals surface area (Å²) in [6, 6.07) is 18.3. The van der Waals surface area contributed by atoms with E-state index in [1.165, 1.54) is 22.9 Å². The molecular weight excluding hydrogens is 280 g/mol. The fourth-order valence-electron chi connectivity index (χ4n) is 2.83. The number of carboxylic acid groups (broad SMARTS) is 1. The highest BCUT2D eigenvalue weighted by atomic mass is 32.2. The summed E-state index contributed by atoms with van der Waals surface area (Å²) in [5.41, 5.74) is 2.44. The number of aliphatic carboxylic acids is 1. The predicted molar refractivity (Wildman–Crippen MR) is 85.8 cm³/mol. The zero-order chi connectivity index (χ0) is 14.9. The smallest absolute Gasteiger partial charge is 0.320 e. The van der Waals surface area contributed by atoms with E-state index in [2.05, 4.69) is 12.1 Å². The highest BCUT2D eigenvalue weighted by molar-refractivity contribution is 8.01. The molecule has 0 atom stereocenters. The van der Waals surface area contributed by atoms with E-state index in [0.717, 1.165) is 4.90 Å². The third-order valence-electron chi connectivity index (χ3n) is 4.15. The summed E-state index contributed by atoms with van der Waals surface area (Å²) in [4.78, 5) is 12.8. The Morgan fingerprint density at radius 3 is 2.29 bits per heavy atom. The van der Waals surface area contributed by atoms with Gasteiger partial charge < -0.3 is 5.11 Å². The van der Waals surface area contributed by atoms with Gasteiger partial charge in [-0.1, -0.05) is 48.0 Å². The monoisotopic (exact) mass is 298 g/mol. The molecule has 0 bridgehead atoms. The molecule has 0 spiro atoms. The van der Waals surface area contributed by atoms with Crippen LogP contribution in [0.2, 0.25) is 0 Å². The normalized spacial score (nSPS) is 24.3. The fourth-order valence-corrected chi connectivity index (χ4v) is 4.21. The van der Waals surface area contributed by atoms with Crippen molar-refractivity contribution in [2.75, 3.05) is 0 Å². The first-order valence-electron chi connectivity index (χ1n) is 7.13. The second-order valence-corrected chi connectivity index (χ2v) is 7.19. The third-order valence-corrected chi connectivity index (χ3v) is 5.55. The first-order valence-corrected chi connectivity index (χ1v) is 7.95. The van der Waals surface area contributed by atoms with Gasteiger partial charge in [-0.15, -0.1) is 11.8 Å². The molecule has 1 saturated carbocycles. The van der Waals surface area contributed by atoms with Crippen LogP contribution in [0.15, 0.2) is 59.5 Å². The van der Waals surface area contributed by atoms with Crippen LogP contribution in [-0.4, -0.2) is 15.8 Å². The lowest BCUT2D eigenvalue weighted by Crippen LogP contribution is -2.46. The van der Waals surface area contributed by atoms with Crippen molar-refractivity contribution < 1.29 is 9.90 Å². The molecule has 0 aromatic heterocycles. The van der Waals surface area contributed by atoms with Crippen molar-refractivity contribution >= 4 is 17.7 Å². The second-order valence-electron chi connectivity index (χ2n) is 5.73. The summed E-state index contributed by atoms with van der Waals surface area (Å²) in [7, 11) is 0. The van der Waals surface area contributed by atoms with Crippen molar-refractivity contribution in [3.8, 4) is 0 Å². The number of hydrogen-bond donors (Lipinski definition) is 1. The fraction of sp³-hybridized carbons (Fsp3) is 0.278. The van der Waals surface area contributed by atoms with E-state index < -0.39 is 10.7 Å². The molecule has 1 aliphatic carbocycles.